The summed E-state index contributed by atoms with van der Waals surface area (Å²) >= 11 is 0. The third-order valence-electron chi connectivity index (χ3n) is 4.60. The number of hydrogen-bond donors (Lipinski definition) is 2. The molecule has 2 N–H and O–H groups in total. The Bertz CT molecular complexity index is 1380. The molecule has 0 bridgehead atoms. The second-order valence-electron chi connectivity index (χ2n) is 6.81. The smallest absolute Gasteiger partial charge is 0.257 e. The van der Waals surface area contributed by atoms with Crippen LogP contribution in [-0.4, -0.2) is 20.4 Å². The molecule has 0 fully saturated rings. The lowest BCUT2D eigenvalue weighted by molar-refractivity contribution is -0.111. The van der Waals surface area contributed by atoms with E-state index in [0.29, 0.717) is 28.1 Å². The Morgan fingerprint density at radius 3 is 2.68 bits per heavy atom. The summed E-state index contributed by atoms with van der Waals surface area (Å²) in [6.07, 6.45) is 2.77. The molecule has 4 rings (SSSR count). The molecule has 0 unspecified atom stereocenters. The van der Waals surface area contributed by atoms with Crippen LogP contribution in [0.3, 0.4) is 0 Å². The van der Waals surface area contributed by atoms with E-state index in [2.05, 4.69) is 27.2 Å². The molecule has 7 nitrogen and oxygen atoms in total. The largest absolute Gasteiger partial charge is 0.324 e. The van der Waals surface area contributed by atoms with Crippen LogP contribution in [0.25, 0.3) is 16.7 Å². The zero-order valence-corrected chi connectivity index (χ0v) is 16.6. The molecule has 0 saturated carbocycles. The van der Waals surface area contributed by atoms with Crippen molar-refractivity contribution in [2.24, 2.45) is 0 Å². The molecule has 2 aromatic heterocycles. The van der Waals surface area contributed by atoms with Crippen LogP contribution in [0.4, 0.5) is 21.7 Å². The maximum absolute atomic E-state index is 13.5. The van der Waals surface area contributed by atoms with Gasteiger partial charge in [-0.1, -0.05) is 18.7 Å². The quantitative estimate of drug-likeness (QED) is 0.479. The van der Waals surface area contributed by atoms with E-state index in [1.54, 1.807) is 49.5 Å². The number of rotatable bonds is 5. The van der Waals surface area contributed by atoms with Crippen LogP contribution in [0.15, 0.2) is 78.2 Å². The SMILES string of the molecule is C=CC(=O)Nc1cccc(-n2c(=O)cc(C)c3cnc(Nc4cccc(F)c4)nc32)c1. The average Bonchev–Trinajstić information content (AvgIpc) is 2.74. The number of anilines is 3. The molecule has 0 atom stereocenters. The number of nitrogens with one attached hydrogen (secondary N) is 2. The summed E-state index contributed by atoms with van der Waals surface area (Å²) in [6.45, 7) is 5.24. The number of aryl methyl sites for hydroxylation is 1. The number of pyridine rings is 1. The van der Waals surface area contributed by atoms with Crippen LogP contribution in [0.2, 0.25) is 0 Å². The van der Waals surface area contributed by atoms with E-state index >= 15 is 0 Å². The zero-order chi connectivity index (χ0) is 22.0. The first kappa shape index (κ1) is 20.0. The van der Waals surface area contributed by atoms with Gasteiger partial charge >= 0.3 is 0 Å². The Kier molecular flexibility index (Phi) is 5.28. The van der Waals surface area contributed by atoms with Gasteiger partial charge in [0.15, 0.2) is 5.65 Å². The summed E-state index contributed by atoms with van der Waals surface area (Å²) in [5.74, 6) is -0.535. The molecule has 0 aliphatic carbocycles. The van der Waals surface area contributed by atoms with E-state index in [9.17, 15) is 14.0 Å². The van der Waals surface area contributed by atoms with Gasteiger partial charge in [0.2, 0.25) is 11.9 Å². The molecule has 4 aromatic rings. The molecule has 0 saturated heterocycles. The second kappa shape index (κ2) is 8.19. The third kappa shape index (κ3) is 4.18. The topological polar surface area (TPSA) is 88.9 Å². The van der Waals surface area contributed by atoms with Gasteiger partial charge in [-0.25, -0.2) is 9.37 Å². The Hall–Kier alpha value is -4.33. The van der Waals surface area contributed by atoms with E-state index < -0.39 is 5.82 Å². The lowest BCUT2D eigenvalue weighted by atomic mass is 10.2. The maximum Gasteiger partial charge on any atom is 0.257 e. The van der Waals surface area contributed by atoms with Crippen LogP contribution in [0, 0.1) is 12.7 Å². The first-order valence-electron chi connectivity index (χ1n) is 9.40. The fourth-order valence-electron chi connectivity index (χ4n) is 3.17. The molecule has 154 valence electrons. The van der Waals surface area contributed by atoms with Gasteiger partial charge in [0.25, 0.3) is 5.56 Å². The number of carbonyl (C=O) groups excluding carboxylic acids is 1. The van der Waals surface area contributed by atoms with Gasteiger partial charge in [0, 0.05) is 29.0 Å². The molecule has 1 amide bonds. The van der Waals surface area contributed by atoms with Gasteiger partial charge in [-0.05, 0) is 55.0 Å². The maximum atomic E-state index is 13.5. The van der Waals surface area contributed by atoms with Gasteiger partial charge in [-0.2, -0.15) is 4.98 Å². The van der Waals surface area contributed by atoms with Crippen LogP contribution in [0.1, 0.15) is 5.56 Å². The van der Waals surface area contributed by atoms with E-state index in [0.717, 1.165) is 11.6 Å². The summed E-state index contributed by atoms with van der Waals surface area (Å²) in [5, 5.41) is 6.32. The fourth-order valence-corrected chi connectivity index (χ4v) is 3.17. The molecule has 0 spiro atoms. The van der Waals surface area contributed by atoms with Crippen LogP contribution in [-0.2, 0) is 4.79 Å². The van der Waals surface area contributed by atoms with E-state index in [1.165, 1.54) is 22.8 Å². The Labute approximate surface area is 176 Å². The first-order chi connectivity index (χ1) is 14.9. The predicted octanol–water partition coefficient (Wildman–Crippen LogP) is 4.10. The highest BCUT2D eigenvalue weighted by Gasteiger charge is 2.13. The lowest BCUT2D eigenvalue weighted by Gasteiger charge is -2.13. The molecular formula is C23H18FN5O2. The number of halogens is 1. The Morgan fingerprint density at radius 2 is 1.90 bits per heavy atom. The first-order valence-corrected chi connectivity index (χ1v) is 9.40. The highest BCUT2D eigenvalue weighted by molar-refractivity contribution is 5.99. The van der Waals surface area contributed by atoms with Crippen molar-refractivity contribution in [3.05, 3.63) is 95.2 Å². The van der Waals surface area contributed by atoms with E-state index in [1.807, 2.05) is 0 Å². The predicted molar refractivity (Wildman–Crippen MR) is 118 cm³/mol. The molecule has 31 heavy (non-hydrogen) atoms. The lowest BCUT2D eigenvalue weighted by Crippen LogP contribution is -2.20. The van der Waals surface area contributed by atoms with Crippen molar-refractivity contribution in [3.63, 3.8) is 0 Å². The molecule has 2 heterocycles. The fraction of sp³-hybridized carbons (Fsp3) is 0.0435. The van der Waals surface area contributed by atoms with Crippen molar-refractivity contribution in [3.8, 4) is 5.69 Å². The standard InChI is InChI=1S/C23H18FN5O2/c1-3-20(30)26-17-8-5-9-18(12-17)29-21(31)10-14(2)19-13-25-23(28-22(19)29)27-16-7-4-6-15(24)11-16/h3-13H,1H2,2H3,(H,26,30)(H,25,27,28). The zero-order valence-electron chi connectivity index (χ0n) is 16.6. The van der Waals surface area contributed by atoms with Gasteiger partial charge in [0.1, 0.15) is 5.82 Å². The number of nitrogens with zero attached hydrogens (tertiary/aromatic N) is 3. The minimum absolute atomic E-state index is 0.216. The van der Waals surface area contributed by atoms with Crippen molar-refractivity contribution in [1.82, 2.24) is 14.5 Å². The highest BCUT2D eigenvalue weighted by atomic mass is 19.1. The summed E-state index contributed by atoms with van der Waals surface area (Å²) in [4.78, 5) is 33.3. The van der Waals surface area contributed by atoms with Crippen LogP contribution >= 0.6 is 0 Å². The Balaban J connectivity index is 1.85. The summed E-state index contributed by atoms with van der Waals surface area (Å²) in [6, 6.07) is 14.3. The van der Waals surface area contributed by atoms with Crippen molar-refractivity contribution in [1.29, 1.82) is 0 Å². The summed E-state index contributed by atoms with van der Waals surface area (Å²) < 4.78 is 14.9. The number of carbonyl (C=O) groups is 1. The van der Waals surface area contributed by atoms with E-state index in [-0.39, 0.29) is 17.4 Å². The minimum Gasteiger partial charge on any atom is -0.324 e. The molecule has 0 radical (unpaired) electrons. The van der Waals surface area contributed by atoms with Gasteiger partial charge in [-0.15, -0.1) is 0 Å². The molecule has 2 aromatic carbocycles. The van der Waals surface area contributed by atoms with Crippen molar-refractivity contribution in [2.75, 3.05) is 10.6 Å². The monoisotopic (exact) mass is 415 g/mol. The number of benzene rings is 2. The third-order valence-corrected chi connectivity index (χ3v) is 4.60. The normalized spacial score (nSPS) is 10.6. The van der Waals surface area contributed by atoms with Crippen LogP contribution in [0.5, 0.6) is 0 Å². The summed E-state index contributed by atoms with van der Waals surface area (Å²) in [7, 11) is 0. The van der Waals surface area contributed by atoms with Crippen molar-refractivity contribution in [2.45, 2.75) is 6.92 Å². The van der Waals surface area contributed by atoms with Crippen molar-refractivity contribution >= 4 is 34.3 Å². The Morgan fingerprint density at radius 1 is 1.13 bits per heavy atom. The molecule has 0 aliphatic rings. The van der Waals surface area contributed by atoms with Crippen LogP contribution < -0.4 is 16.2 Å². The second-order valence-corrected chi connectivity index (χ2v) is 6.81. The number of amides is 1. The average molecular weight is 415 g/mol. The molecule has 0 aliphatic heterocycles. The minimum atomic E-state index is -0.392. The highest BCUT2D eigenvalue weighted by Crippen LogP contribution is 2.22. The van der Waals surface area contributed by atoms with Gasteiger partial charge in [0.05, 0.1) is 5.69 Å². The van der Waals surface area contributed by atoms with Gasteiger partial charge in [-0.3, -0.25) is 14.2 Å². The van der Waals surface area contributed by atoms with E-state index in [4.69, 9.17) is 0 Å². The van der Waals surface area contributed by atoms with Gasteiger partial charge < -0.3 is 10.6 Å². The number of aromatic nitrogens is 3. The number of hydrogen-bond acceptors (Lipinski definition) is 5. The molecule has 8 heteroatoms. The summed E-state index contributed by atoms with van der Waals surface area (Å²) in [5.41, 5.74) is 2.33. The van der Waals surface area contributed by atoms with Crippen molar-refractivity contribution < 1.29 is 9.18 Å². The molecular weight excluding hydrogens is 397 g/mol. The number of fused-ring (bicyclic) bond motifs is 1.